The molecule has 0 bridgehead atoms. The standard InChI is InChI=1S/C31H55FO6/c32-29-23-26(24-9-14-27(15-10-24)36-21-7-3-1-5-19-33)13-18-30(29)38-31(35)25-11-16-28(17-12-25)37-22-8-4-2-6-20-34/h24-30,33-34H,1-23H2. The van der Waals surface area contributed by atoms with Crippen molar-refractivity contribution >= 4 is 5.97 Å². The van der Waals surface area contributed by atoms with E-state index in [4.69, 9.17) is 24.4 Å². The molecule has 0 heterocycles. The van der Waals surface area contributed by atoms with Gasteiger partial charge in [-0.3, -0.25) is 4.79 Å². The maximum absolute atomic E-state index is 15.1. The van der Waals surface area contributed by atoms with Crippen LogP contribution in [-0.2, 0) is 19.0 Å². The van der Waals surface area contributed by atoms with Crippen LogP contribution in [0.5, 0.6) is 0 Å². The Hall–Kier alpha value is -0.760. The number of aliphatic hydroxyl groups is 2. The highest BCUT2D eigenvalue weighted by Crippen LogP contribution is 2.41. The van der Waals surface area contributed by atoms with Crippen molar-refractivity contribution < 1.29 is 33.6 Å². The monoisotopic (exact) mass is 542 g/mol. The summed E-state index contributed by atoms with van der Waals surface area (Å²) < 4.78 is 32.9. The van der Waals surface area contributed by atoms with Crippen LogP contribution in [0.4, 0.5) is 4.39 Å². The molecule has 6 nitrogen and oxygen atoms in total. The van der Waals surface area contributed by atoms with Gasteiger partial charge >= 0.3 is 5.97 Å². The molecule has 3 saturated carbocycles. The van der Waals surface area contributed by atoms with Crippen LogP contribution in [0.25, 0.3) is 0 Å². The number of rotatable bonds is 17. The fourth-order valence-corrected chi connectivity index (χ4v) is 6.75. The van der Waals surface area contributed by atoms with Crippen LogP contribution in [0, 0.1) is 17.8 Å². The first kappa shape index (κ1) is 31.8. The number of ether oxygens (including phenoxy) is 3. The van der Waals surface area contributed by atoms with Crippen molar-refractivity contribution in [2.45, 2.75) is 146 Å². The number of halogens is 1. The SMILES string of the molecule is O=C(OC1CCC(C2CCC(OCCCCCCO)CC2)CC1F)C1CCC(OCCCCCCO)CC1. The highest BCUT2D eigenvalue weighted by Gasteiger charge is 2.39. The molecule has 7 heteroatoms. The van der Waals surface area contributed by atoms with E-state index in [2.05, 4.69) is 0 Å². The zero-order valence-corrected chi connectivity index (χ0v) is 23.7. The van der Waals surface area contributed by atoms with Crippen molar-refractivity contribution in [3.63, 3.8) is 0 Å². The quantitative estimate of drug-likeness (QED) is 0.166. The first-order valence-electron chi connectivity index (χ1n) is 15.9. The van der Waals surface area contributed by atoms with Crippen molar-refractivity contribution in [2.75, 3.05) is 26.4 Å². The van der Waals surface area contributed by atoms with Crippen LogP contribution in [0.15, 0.2) is 0 Å². The van der Waals surface area contributed by atoms with Gasteiger partial charge in [0.05, 0.1) is 18.1 Å². The summed E-state index contributed by atoms with van der Waals surface area (Å²) in [6, 6.07) is 0. The van der Waals surface area contributed by atoms with E-state index >= 15 is 4.39 Å². The first-order valence-corrected chi connectivity index (χ1v) is 15.9. The second-order valence-corrected chi connectivity index (χ2v) is 12.1. The molecule has 0 amide bonds. The molecule has 3 atom stereocenters. The van der Waals surface area contributed by atoms with E-state index in [1.54, 1.807) is 0 Å². The molecule has 3 aliphatic carbocycles. The van der Waals surface area contributed by atoms with E-state index in [9.17, 15) is 4.79 Å². The van der Waals surface area contributed by atoms with Crippen molar-refractivity contribution in [1.82, 2.24) is 0 Å². The fourth-order valence-electron chi connectivity index (χ4n) is 6.75. The molecular formula is C31H55FO6. The molecule has 0 aromatic carbocycles. The summed E-state index contributed by atoms with van der Waals surface area (Å²) in [6.45, 7) is 2.10. The summed E-state index contributed by atoms with van der Waals surface area (Å²) in [5, 5.41) is 17.7. The number of alkyl halides is 1. The third-order valence-corrected chi connectivity index (χ3v) is 9.23. The molecule has 0 aromatic heterocycles. The zero-order valence-electron chi connectivity index (χ0n) is 23.7. The molecule has 0 aliphatic heterocycles. The highest BCUT2D eigenvalue weighted by atomic mass is 19.1. The lowest BCUT2D eigenvalue weighted by molar-refractivity contribution is -0.163. The Balaban J connectivity index is 1.25. The molecule has 3 unspecified atom stereocenters. The first-order chi connectivity index (χ1) is 18.6. The van der Waals surface area contributed by atoms with Gasteiger partial charge in [-0.1, -0.05) is 25.7 Å². The minimum Gasteiger partial charge on any atom is -0.459 e. The van der Waals surface area contributed by atoms with Gasteiger partial charge in [-0.25, -0.2) is 4.39 Å². The topological polar surface area (TPSA) is 85.2 Å². The lowest BCUT2D eigenvalue weighted by atomic mass is 9.72. The molecule has 2 N–H and O–H groups in total. The van der Waals surface area contributed by atoms with E-state index in [-0.39, 0.29) is 31.2 Å². The van der Waals surface area contributed by atoms with Crippen molar-refractivity contribution in [2.24, 2.45) is 17.8 Å². The van der Waals surface area contributed by atoms with E-state index in [0.717, 1.165) is 122 Å². The minimum atomic E-state index is -1.05. The van der Waals surface area contributed by atoms with Crippen LogP contribution < -0.4 is 0 Å². The smallest absolute Gasteiger partial charge is 0.309 e. The van der Waals surface area contributed by atoms with Crippen LogP contribution in [0.2, 0.25) is 0 Å². The number of hydrogen-bond acceptors (Lipinski definition) is 6. The van der Waals surface area contributed by atoms with E-state index in [1.807, 2.05) is 0 Å². The van der Waals surface area contributed by atoms with E-state index < -0.39 is 12.3 Å². The normalized spacial score (nSPS) is 32.2. The van der Waals surface area contributed by atoms with Crippen LogP contribution >= 0.6 is 0 Å². The molecular weight excluding hydrogens is 487 g/mol. The number of esters is 1. The zero-order chi connectivity index (χ0) is 27.0. The average molecular weight is 543 g/mol. The van der Waals surface area contributed by atoms with Crippen molar-refractivity contribution in [3.8, 4) is 0 Å². The molecule has 3 fully saturated rings. The van der Waals surface area contributed by atoms with Gasteiger partial charge in [-0.2, -0.15) is 0 Å². The fraction of sp³-hybridized carbons (Fsp3) is 0.968. The lowest BCUT2D eigenvalue weighted by Crippen LogP contribution is -2.39. The predicted molar refractivity (Wildman–Crippen MR) is 147 cm³/mol. The summed E-state index contributed by atoms with van der Waals surface area (Å²) in [5.41, 5.74) is 0. The van der Waals surface area contributed by atoms with Gasteiger partial charge in [0.25, 0.3) is 0 Å². The number of carbonyl (C=O) groups is 1. The van der Waals surface area contributed by atoms with E-state index in [1.165, 1.54) is 0 Å². The maximum atomic E-state index is 15.1. The summed E-state index contributed by atoms with van der Waals surface area (Å²) in [4.78, 5) is 12.8. The van der Waals surface area contributed by atoms with Gasteiger partial charge in [0.1, 0.15) is 12.3 Å². The Labute approximate surface area is 230 Å². The van der Waals surface area contributed by atoms with E-state index in [0.29, 0.717) is 30.8 Å². The summed E-state index contributed by atoms with van der Waals surface area (Å²) in [6.07, 6.45) is 16.9. The predicted octanol–water partition coefficient (Wildman–Crippen LogP) is 6.29. The number of hydrogen-bond donors (Lipinski definition) is 2. The van der Waals surface area contributed by atoms with Gasteiger partial charge in [-0.15, -0.1) is 0 Å². The maximum Gasteiger partial charge on any atom is 0.309 e. The molecule has 0 saturated heterocycles. The summed E-state index contributed by atoms with van der Waals surface area (Å²) in [5.74, 6) is 0.650. The molecule has 0 spiro atoms. The van der Waals surface area contributed by atoms with Crippen LogP contribution in [0.3, 0.4) is 0 Å². The van der Waals surface area contributed by atoms with Gasteiger partial charge in [0.2, 0.25) is 0 Å². The van der Waals surface area contributed by atoms with Crippen LogP contribution in [-0.4, -0.2) is 67.1 Å². The lowest BCUT2D eigenvalue weighted by Gasteiger charge is -2.39. The van der Waals surface area contributed by atoms with Gasteiger partial charge in [0.15, 0.2) is 0 Å². The number of unbranched alkanes of at least 4 members (excludes halogenated alkanes) is 6. The van der Waals surface area contributed by atoms with Gasteiger partial charge in [-0.05, 0) is 108 Å². The summed E-state index contributed by atoms with van der Waals surface area (Å²) >= 11 is 0. The minimum absolute atomic E-state index is 0.116. The second-order valence-electron chi connectivity index (χ2n) is 12.1. The third-order valence-electron chi connectivity index (χ3n) is 9.23. The Morgan fingerprint density at radius 3 is 1.66 bits per heavy atom. The Bertz CT molecular complexity index is 617. The number of aliphatic hydroxyl groups excluding tert-OH is 2. The van der Waals surface area contributed by atoms with Gasteiger partial charge < -0.3 is 24.4 Å². The third kappa shape index (κ3) is 11.4. The Morgan fingerprint density at radius 2 is 1.13 bits per heavy atom. The Kier molecular flexibility index (Phi) is 15.5. The number of carbonyl (C=O) groups excluding carboxylic acids is 1. The van der Waals surface area contributed by atoms with Gasteiger partial charge in [0, 0.05) is 26.4 Å². The molecule has 3 rings (SSSR count). The molecule has 0 radical (unpaired) electrons. The highest BCUT2D eigenvalue weighted by molar-refractivity contribution is 5.72. The average Bonchev–Trinajstić information content (AvgIpc) is 2.94. The van der Waals surface area contributed by atoms with Crippen LogP contribution in [0.1, 0.15) is 122 Å². The largest absolute Gasteiger partial charge is 0.459 e. The molecule has 222 valence electrons. The van der Waals surface area contributed by atoms with Crippen molar-refractivity contribution in [1.29, 1.82) is 0 Å². The molecule has 3 aliphatic rings. The van der Waals surface area contributed by atoms with Crippen molar-refractivity contribution in [3.05, 3.63) is 0 Å². The summed E-state index contributed by atoms with van der Waals surface area (Å²) in [7, 11) is 0. The molecule has 0 aromatic rings. The second kappa shape index (κ2) is 18.6. The Morgan fingerprint density at radius 1 is 0.632 bits per heavy atom. The molecule has 38 heavy (non-hydrogen) atoms.